The van der Waals surface area contributed by atoms with Gasteiger partial charge >= 0.3 is 5.97 Å². The van der Waals surface area contributed by atoms with Gasteiger partial charge in [0.05, 0.1) is 28.3 Å². The van der Waals surface area contributed by atoms with Crippen molar-refractivity contribution in [2.45, 2.75) is 19.8 Å². The first kappa shape index (κ1) is 15.0. The fourth-order valence-corrected chi connectivity index (χ4v) is 3.50. The molecule has 0 saturated carbocycles. The number of carbonyl (C=O) groups is 2. The van der Waals surface area contributed by atoms with E-state index in [1.807, 2.05) is 12.1 Å². The van der Waals surface area contributed by atoms with Crippen molar-refractivity contribution in [3.05, 3.63) is 29.3 Å². The third-order valence-electron chi connectivity index (χ3n) is 3.91. The molecular weight excluding hydrogens is 300 g/mol. The van der Waals surface area contributed by atoms with E-state index in [1.54, 1.807) is 23.4 Å². The van der Waals surface area contributed by atoms with Crippen molar-refractivity contribution in [1.29, 1.82) is 0 Å². The first-order valence-electron chi connectivity index (χ1n) is 7.48. The van der Waals surface area contributed by atoms with Crippen molar-refractivity contribution in [3.63, 3.8) is 0 Å². The highest BCUT2D eigenvalue weighted by molar-refractivity contribution is 7.16. The zero-order valence-electron chi connectivity index (χ0n) is 12.4. The van der Waals surface area contributed by atoms with E-state index in [0.29, 0.717) is 25.3 Å². The molecule has 0 unspecified atom stereocenters. The Morgan fingerprint density at radius 1 is 1.45 bits per heavy atom. The Labute approximate surface area is 132 Å². The highest BCUT2D eigenvalue weighted by Crippen LogP contribution is 2.23. The van der Waals surface area contributed by atoms with Crippen molar-refractivity contribution in [1.82, 2.24) is 9.88 Å². The van der Waals surface area contributed by atoms with Crippen LogP contribution in [0, 0.1) is 5.92 Å². The van der Waals surface area contributed by atoms with Crippen LogP contribution in [-0.2, 0) is 9.53 Å². The van der Waals surface area contributed by atoms with Crippen LogP contribution in [-0.4, -0.2) is 41.5 Å². The number of benzene rings is 1. The number of carbonyl (C=O) groups excluding carboxylic acids is 2. The van der Waals surface area contributed by atoms with Crippen LogP contribution in [0.15, 0.2) is 23.7 Å². The topological polar surface area (TPSA) is 59.5 Å². The zero-order chi connectivity index (χ0) is 15.5. The van der Waals surface area contributed by atoms with Gasteiger partial charge in [0.1, 0.15) is 0 Å². The van der Waals surface area contributed by atoms with E-state index in [1.165, 1.54) is 11.3 Å². The second kappa shape index (κ2) is 6.44. The van der Waals surface area contributed by atoms with Gasteiger partial charge in [0.25, 0.3) is 5.91 Å². The van der Waals surface area contributed by atoms with Crippen molar-refractivity contribution >= 4 is 33.4 Å². The molecule has 0 N–H and O–H groups in total. The van der Waals surface area contributed by atoms with Gasteiger partial charge in [0, 0.05) is 18.7 Å². The number of amides is 1. The predicted octanol–water partition coefficient (Wildman–Crippen LogP) is 2.71. The minimum atomic E-state index is -0.204. The summed E-state index contributed by atoms with van der Waals surface area (Å²) in [6.45, 7) is 3.31. The van der Waals surface area contributed by atoms with E-state index in [2.05, 4.69) is 4.98 Å². The second-order valence-electron chi connectivity index (χ2n) is 5.38. The molecule has 0 aliphatic carbocycles. The number of fused-ring (bicyclic) bond motifs is 1. The summed E-state index contributed by atoms with van der Waals surface area (Å²) >= 11 is 1.52. The largest absolute Gasteiger partial charge is 0.466 e. The summed E-state index contributed by atoms with van der Waals surface area (Å²) in [6.07, 6.45) is 1.62. The summed E-state index contributed by atoms with van der Waals surface area (Å²) < 4.78 is 6.08. The third-order valence-corrected chi connectivity index (χ3v) is 4.70. The monoisotopic (exact) mass is 318 g/mol. The molecule has 0 radical (unpaired) electrons. The molecule has 22 heavy (non-hydrogen) atoms. The molecule has 1 aliphatic heterocycles. The Bertz CT molecular complexity index is 698. The normalized spacial score (nSPS) is 18.4. The number of piperidine rings is 1. The molecule has 5 nitrogen and oxygen atoms in total. The van der Waals surface area contributed by atoms with E-state index in [9.17, 15) is 9.59 Å². The van der Waals surface area contributed by atoms with E-state index >= 15 is 0 Å². The molecule has 3 rings (SSSR count). The Kier molecular flexibility index (Phi) is 4.38. The highest BCUT2D eigenvalue weighted by Gasteiger charge is 2.29. The van der Waals surface area contributed by atoms with Gasteiger partial charge in [-0.2, -0.15) is 0 Å². The maximum atomic E-state index is 12.6. The van der Waals surface area contributed by atoms with Crippen LogP contribution in [0.5, 0.6) is 0 Å². The SMILES string of the molecule is CCOC(=O)[C@H]1CCCN(C(=O)c2ccc3ncsc3c2)C1. The first-order chi connectivity index (χ1) is 10.7. The van der Waals surface area contributed by atoms with Gasteiger partial charge in [-0.3, -0.25) is 9.59 Å². The molecule has 1 aliphatic rings. The number of hydrogen-bond donors (Lipinski definition) is 0. The predicted molar refractivity (Wildman–Crippen MR) is 84.9 cm³/mol. The third kappa shape index (κ3) is 2.97. The van der Waals surface area contributed by atoms with E-state index < -0.39 is 0 Å². The lowest BCUT2D eigenvalue weighted by Crippen LogP contribution is -2.42. The molecule has 116 valence electrons. The maximum absolute atomic E-state index is 12.6. The second-order valence-corrected chi connectivity index (χ2v) is 6.26. The van der Waals surface area contributed by atoms with Gasteiger partial charge in [-0.25, -0.2) is 4.98 Å². The minimum Gasteiger partial charge on any atom is -0.466 e. The Balaban J connectivity index is 1.74. The number of ether oxygens (including phenoxy) is 1. The summed E-state index contributed by atoms with van der Waals surface area (Å²) in [5, 5.41) is 0. The molecule has 2 heterocycles. The Morgan fingerprint density at radius 2 is 2.32 bits per heavy atom. The summed E-state index contributed by atoms with van der Waals surface area (Å²) in [5.74, 6) is -0.424. The number of aromatic nitrogens is 1. The van der Waals surface area contributed by atoms with Crippen LogP contribution >= 0.6 is 11.3 Å². The average Bonchev–Trinajstić information content (AvgIpc) is 3.02. The number of esters is 1. The van der Waals surface area contributed by atoms with E-state index in [0.717, 1.165) is 23.1 Å². The van der Waals surface area contributed by atoms with Gasteiger partial charge in [-0.1, -0.05) is 0 Å². The molecule has 1 fully saturated rings. The van der Waals surface area contributed by atoms with Crippen LogP contribution in [0.4, 0.5) is 0 Å². The Morgan fingerprint density at radius 3 is 3.14 bits per heavy atom. The number of nitrogens with zero attached hydrogens (tertiary/aromatic N) is 2. The molecule has 0 bridgehead atoms. The van der Waals surface area contributed by atoms with Crippen molar-refractivity contribution in [2.75, 3.05) is 19.7 Å². The van der Waals surface area contributed by atoms with Gasteiger partial charge in [0.2, 0.25) is 0 Å². The molecule has 2 aromatic rings. The summed E-state index contributed by atoms with van der Waals surface area (Å²) in [4.78, 5) is 30.5. The molecular formula is C16H18N2O3S. The standard InChI is InChI=1S/C16H18N2O3S/c1-2-21-16(20)12-4-3-7-18(9-12)15(19)11-5-6-13-14(8-11)22-10-17-13/h5-6,8,10,12H,2-4,7,9H2,1H3/t12-/m0/s1. The molecule has 1 atom stereocenters. The molecule has 6 heteroatoms. The number of likely N-dealkylation sites (tertiary alicyclic amines) is 1. The van der Waals surface area contributed by atoms with Crippen LogP contribution in [0.25, 0.3) is 10.2 Å². The quantitative estimate of drug-likeness (QED) is 0.817. The lowest BCUT2D eigenvalue weighted by Gasteiger charge is -2.31. The van der Waals surface area contributed by atoms with Crippen LogP contribution in [0.1, 0.15) is 30.1 Å². The zero-order valence-corrected chi connectivity index (χ0v) is 13.3. The molecule has 1 amide bonds. The summed E-state index contributed by atoms with van der Waals surface area (Å²) in [5.41, 5.74) is 3.34. The van der Waals surface area contributed by atoms with Crippen LogP contribution < -0.4 is 0 Å². The molecule has 1 aromatic carbocycles. The lowest BCUT2D eigenvalue weighted by atomic mass is 9.97. The number of hydrogen-bond acceptors (Lipinski definition) is 5. The highest BCUT2D eigenvalue weighted by atomic mass is 32.1. The van der Waals surface area contributed by atoms with Crippen molar-refractivity contribution < 1.29 is 14.3 Å². The first-order valence-corrected chi connectivity index (χ1v) is 8.36. The molecule has 1 aromatic heterocycles. The molecule has 1 saturated heterocycles. The van der Waals surface area contributed by atoms with Crippen LogP contribution in [0.3, 0.4) is 0 Å². The van der Waals surface area contributed by atoms with Gasteiger partial charge in [0.15, 0.2) is 0 Å². The maximum Gasteiger partial charge on any atom is 0.310 e. The number of thiazole rings is 1. The summed E-state index contributed by atoms with van der Waals surface area (Å²) in [6, 6.07) is 5.55. The average molecular weight is 318 g/mol. The smallest absolute Gasteiger partial charge is 0.310 e. The fraction of sp³-hybridized carbons (Fsp3) is 0.438. The van der Waals surface area contributed by atoms with Gasteiger partial charge in [-0.05, 0) is 38.0 Å². The van der Waals surface area contributed by atoms with E-state index in [-0.39, 0.29) is 17.8 Å². The summed E-state index contributed by atoms with van der Waals surface area (Å²) in [7, 11) is 0. The van der Waals surface area contributed by atoms with Crippen LogP contribution in [0.2, 0.25) is 0 Å². The van der Waals surface area contributed by atoms with E-state index in [4.69, 9.17) is 4.74 Å². The fourth-order valence-electron chi connectivity index (χ4n) is 2.78. The van der Waals surface area contributed by atoms with Gasteiger partial charge in [-0.15, -0.1) is 11.3 Å². The number of rotatable bonds is 3. The van der Waals surface area contributed by atoms with Gasteiger partial charge < -0.3 is 9.64 Å². The lowest BCUT2D eigenvalue weighted by molar-refractivity contribution is -0.149. The van der Waals surface area contributed by atoms with Crippen molar-refractivity contribution in [3.8, 4) is 0 Å². The Hall–Kier alpha value is -1.95. The van der Waals surface area contributed by atoms with Crippen molar-refractivity contribution in [2.24, 2.45) is 5.92 Å². The minimum absolute atomic E-state index is 0.0238. The molecule has 0 spiro atoms.